The summed E-state index contributed by atoms with van der Waals surface area (Å²) in [5.74, 6) is -8.28. The lowest BCUT2D eigenvalue weighted by molar-refractivity contribution is -0.158. The summed E-state index contributed by atoms with van der Waals surface area (Å²) in [6.45, 7) is -1.02. The summed E-state index contributed by atoms with van der Waals surface area (Å²) in [5, 5.41) is 20.1. The molecule has 2 fully saturated rings. The van der Waals surface area contributed by atoms with Gasteiger partial charge >= 0.3 is 6.18 Å². The Morgan fingerprint density at radius 1 is 1.05 bits per heavy atom. The third-order valence-corrected chi connectivity index (χ3v) is 7.14. The fourth-order valence-electron chi connectivity index (χ4n) is 4.81. The van der Waals surface area contributed by atoms with Crippen molar-refractivity contribution < 1.29 is 45.7 Å². The maximum atomic E-state index is 15.2. The highest BCUT2D eigenvalue weighted by Crippen LogP contribution is 2.40. The molecule has 1 unspecified atom stereocenters. The number of nitrogens with one attached hydrogen (secondary N) is 1. The van der Waals surface area contributed by atoms with Crippen LogP contribution in [0.1, 0.15) is 23.2 Å². The fraction of sp³-hybridized carbons (Fsp3) is 0.400. The van der Waals surface area contributed by atoms with Crippen molar-refractivity contribution in [2.45, 2.75) is 25.1 Å². The molecular formula is C25H21F7N4O4. The lowest BCUT2D eigenvalue weighted by Gasteiger charge is -2.48. The number of aliphatic hydroxyl groups excluding tert-OH is 2. The van der Waals surface area contributed by atoms with Gasteiger partial charge in [0.15, 0.2) is 28.9 Å². The number of alkyl halides is 3. The highest BCUT2D eigenvalue weighted by atomic mass is 19.4. The van der Waals surface area contributed by atoms with Crippen LogP contribution in [-0.4, -0.2) is 64.2 Å². The van der Waals surface area contributed by atoms with Gasteiger partial charge in [-0.2, -0.15) is 13.2 Å². The number of anilines is 1. The van der Waals surface area contributed by atoms with E-state index in [1.54, 1.807) is 5.32 Å². The molecule has 40 heavy (non-hydrogen) atoms. The van der Waals surface area contributed by atoms with Crippen LogP contribution in [0.5, 0.6) is 0 Å². The van der Waals surface area contributed by atoms with E-state index in [0.717, 1.165) is 0 Å². The largest absolute Gasteiger partial charge is 0.408 e. The van der Waals surface area contributed by atoms with Gasteiger partial charge in [0.2, 0.25) is 5.43 Å². The van der Waals surface area contributed by atoms with Crippen molar-refractivity contribution in [2.24, 2.45) is 11.3 Å². The highest BCUT2D eigenvalue weighted by Gasteiger charge is 2.50. The average Bonchev–Trinajstić information content (AvgIpc) is 3.68. The fourth-order valence-corrected chi connectivity index (χ4v) is 4.81. The van der Waals surface area contributed by atoms with Crippen LogP contribution in [0.25, 0.3) is 16.7 Å². The van der Waals surface area contributed by atoms with Crippen molar-refractivity contribution in [2.75, 3.05) is 31.2 Å². The van der Waals surface area contributed by atoms with Crippen LogP contribution >= 0.6 is 0 Å². The van der Waals surface area contributed by atoms with Crippen molar-refractivity contribution in [1.29, 1.82) is 0 Å². The van der Waals surface area contributed by atoms with Crippen LogP contribution < -0.4 is 15.6 Å². The maximum Gasteiger partial charge on any atom is 0.408 e. The molecular weight excluding hydrogens is 553 g/mol. The smallest absolute Gasteiger partial charge is 0.396 e. The zero-order valence-electron chi connectivity index (χ0n) is 20.4. The first kappa shape index (κ1) is 27.8. The number of pyridine rings is 2. The minimum atomic E-state index is -4.85. The zero-order valence-corrected chi connectivity index (χ0v) is 20.4. The molecule has 214 valence electrons. The van der Waals surface area contributed by atoms with Gasteiger partial charge < -0.3 is 20.4 Å². The lowest BCUT2D eigenvalue weighted by atomic mass is 9.81. The molecule has 2 aliphatic rings. The number of fused-ring (bicyclic) bond motifs is 1. The number of benzene rings is 1. The molecule has 1 atom stereocenters. The summed E-state index contributed by atoms with van der Waals surface area (Å²) in [4.78, 5) is 31.4. The number of hydrogen-bond acceptors (Lipinski definition) is 6. The number of carbonyl (C=O) groups is 1. The Morgan fingerprint density at radius 3 is 2.17 bits per heavy atom. The number of nitrogens with zero attached hydrogens (tertiary/aromatic N) is 3. The summed E-state index contributed by atoms with van der Waals surface area (Å²) < 4.78 is 99.6. The molecule has 0 spiro atoms. The first-order valence-electron chi connectivity index (χ1n) is 12.0. The molecule has 1 saturated carbocycles. The summed E-state index contributed by atoms with van der Waals surface area (Å²) in [5.41, 5.74) is -4.82. The van der Waals surface area contributed by atoms with Crippen molar-refractivity contribution in [3.05, 3.63) is 63.5 Å². The Labute approximate surface area is 220 Å². The number of halogens is 7. The standard InChI is InChI=1S/C25H21F7N4O4/c26-12-3-15(27)18(16(28)4-12)36-6-14(23(40)33-20(11-1-2-11)25(30,31)32)19(39)13-5-17(29)22(34-21(13)36)35-7-24(8-35,9-37)10-38/h3-6,11,20,37-38H,1-2,7-10H2,(H,33,40). The normalized spacial score (nSPS) is 17.6. The zero-order chi connectivity index (χ0) is 29.1. The Balaban J connectivity index is 1.69. The molecule has 3 heterocycles. The van der Waals surface area contributed by atoms with Crippen molar-refractivity contribution in [3.8, 4) is 5.69 Å². The molecule has 1 aliphatic carbocycles. The quantitative estimate of drug-likeness (QED) is 0.375. The van der Waals surface area contributed by atoms with E-state index < -0.39 is 99.5 Å². The van der Waals surface area contributed by atoms with Crippen LogP contribution in [0.2, 0.25) is 0 Å². The van der Waals surface area contributed by atoms with Gasteiger partial charge in [-0.25, -0.2) is 22.5 Å². The Kier molecular flexibility index (Phi) is 6.77. The van der Waals surface area contributed by atoms with Gasteiger partial charge in [0.05, 0.1) is 24.0 Å². The summed E-state index contributed by atoms with van der Waals surface area (Å²) in [7, 11) is 0. The van der Waals surface area contributed by atoms with Crippen LogP contribution in [0, 0.1) is 34.6 Å². The second-order valence-electron chi connectivity index (χ2n) is 10.1. The average molecular weight is 574 g/mol. The predicted molar refractivity (Wildman–Crippen MR) is 126 cm³/mol. The molecule has 0 bridgehead atoms. The van der Waals surface area contributed by atoms with Crippen LogP contribution in [0.15, 0.2) is 29.2 Å². The summed E-state index contributed by atoms with van der Waals surface area (Å²) in [6.07, 6.45) is -3.92. The molecule has 3 N–H and O–H groups in total. The number of carbonyl (C=O) groups excluding carboxylic acids is 1. The molecule has 3 aromatic rings. The molecule has 15 heteroatoms. The van der Waals surface area contributed by atoms with Gasteiger partial charge in [0.25, 0.3) is 5.91 Å². The van der Waals surface area contributed by atoms with E-state index in [4.69, 9.17) is 0 Å². The molecule has 1 saturated heterocycles. The van der Waals surface area contributed by atoms with Gasteiger partial charge in [-0.3, -0.25) is 14.2 Å². The number of rotatable bonds is 7. The Bertz CT molecular complexity index is 1540. The van der Waals surface area contributed by atoms with Gasteiger partial charge in [0.1, 0.15) is 23.1 Å². The first-order valence-corrected chi connectivity index (χ1v) is 12.0. The second-order valence-corrected chi connectivity index (χ2v) is 10.1. The second kappa shape index (κ2) is 9.73. The van der Waals surface area contributed by atoms with Gasteiger partial charge in [-0.05, 0) is 24.8 Å². The summed E-state index contributed by atoms with van der Waals surface area (Å²) in [6, 6.07) is -1.08. The number of hydrogen-bond donors (Lipinski definition) is 3. The van der Waals surface area contributed by atoms with E-state index in [-0.39, 0.29) is 25.9 Å². The summed E-state index contributed by atoms with van der Waals surface area (Å²) >= 11 is 0. The minimum absolute atomic E-state index is 0.0700. The molecule has 0 radical (unpaired) electrons. The van der Waals surface area contributed by atoms with E-state index in [1.165, 1.54) is 4.90 Å². The monoisotopic (exact) mass is 574 g/mol. The topological polar surface area (TPSA) is 108 Å². The SMILES string of the molecule is O=C(NC(C1CC1)C(F)(F)F)c1cn(-c2c(F)cc(F)cc2F)c2nc(N3CC(CO)(CO)C3)c(F)cc2c1=O. The molecule has 1 aromatic carbocycles. The Morgan fingerprint density at radius 2 is 1.65 bits per heavy atom. The third-order valence-electron chi connectivity index (χ3n) is 7.14. The van der Waals surface area contributed by atoms with E-state index in [0.29, 0.717) is 29.0 Å². The number of aromatic nitrogens is 2. The Hall–Kier alpha value is -3.72. The molecule has 1 amide bonds. The number of aliphatic hydroxyl groups is 2. The van der Waals surface area contributed by atoms with Crippen LogP contribution in [0.4, 0.5) is 36.6 Å². The maximum absolute atomic E-state index is 15.2. The van der Waals surface area contributed by atoms with Crippen molar-refractivity contribution >= 4 is 22.8 Å². The van der Waals surface area contributed by atoms with E-state index in [9.17, 15) is 46.1 Å². The third kappa shape index (κ3) is 4.76. The van der Waals surface area contributed by atoms with Gasteiger partial charge in [0, 0.05) is 31.4 Å². The van der Waals surface area contributed by atoms with Crippen molar-refractivity contribution in [3.63, 3.8) is 0 Å². The van der Waals surface area contributed by atoms with Crippen LogP contribution in [0.3, 0.4) is 0 Å². The predicted octanol–water partition coefficient (Wildman–Crippen LogP) is 2.80. The molecule has 1 aliphatic heterocycles. The van der Waals surface area contributed by atoms with E-state index in [1.807, 2.05) is 0 Å². The van der Waals surface area contributed by atoms with Crippen LogP contribution in [-0.2, 0) is 0 Å². The number of amides is 1. The minimum Gasteiger partial charge on any atom is -0.396 e. The van der Waals surface area contributed by atoms with Gasteiger partial charge in [-0.1, -0.05) is 0 Å². The first-order chi connectivity index (χ1) is 18.8. The highest BCUT2D eigenvalue weighted by molar-refractivity contribution is 5.97. The lowest BCUT2D eigenvalue weighted by Crippen LogP contribution is -2.61. The van der Waals surface area contributed by atoms with Gasteiger partial charge in [-0.15, -0.1) is 0 Å². The molecule has 5 rings (SSSR count). The van der Waals surface area contributed by atoms with E-state index in [2.05, 4.69) is 4.98 Å². The van der Waals surface area contributed by atoms with Crippen molar-refractivity contribution in [1.82, 2.24) is 14.9 Å². The molecule has 8 nitrogen and oxygen atoms in total. The van der Waals surface area contributed by atoms with E-state index >= 15 is 4.39 Å². The molecule has 2 aromatic heterocycles.